The molecule has 0 aliphatic carbocycles. The smallest absolute Gasteiger partial charge is 0.328 e. The molecule has 2 rings (SSSR count). The molecule has 1 aromatic heterocycles. The molecular weight excluding hydrogens is 244 g/mol. The van der Waals surface area contributed by atoms with Gasteiger partial charge in [0.2, 0.25) is 0 Å². The van der Waals surface area contributed by atoms with Crippen molar-refractivity contribution < 1.29 is 14.6 Å². The number of ether oxygens (including phenoxy) is 1. The Kier molecular flexibility index (Phi) is 3.87. The van der Waals surface area contributed by atoms with Crippen LogP contribution in [0.25, 0.3) is 17.3 Å². The Bertz CT molecular complexity index is 624. The van der Waals surface area contributed by atoms with Crippen molar-refractivity contribution >= 4 is 12.0 Å². The second-order valence-corrected chi connectivity index (χ2v) is 3.67. The van der Waals surface area contributed by atoms with Gasteiger partial charge >= 0.3 is 5.97 Å². The van der Waals surface area contributed by atoms with Gasteiger partial charge in [-0.25, -0.2) is 14.8 Å². The van der Waals surface area contributed by atoms with Crippen molar-refractivity contribution in [2.75, 3.05) is 7.11 Å². The standard InChI is InChI=1S/C14H12N2O3/c1-19-12-5-3-2-4-10(12)11-8-9-15-13(16-11)6-7-14(17)18/h2-9H,1H3,(H,17,18)/b7-6+. The molecule has 0 atom stereocenters. The lowest BCUT2D eigenvalue weighted by atomic mass is 10.1. The van der Waals surface area contributed by atoms with Gasteiger partial charge in [-0.2, -0.15) is 0 Å². The summed E-state index contributed by atoms with van der Waals surface area (Å²) in [5.74, 6) is 0.00599. The molecule has 2 aromatic rings. The fraction of sp³-hybridized carbons (Fsp3) is 0.0714. The van der Waals surface area contributed by atoms with E-state index in [-0.39, 0.29) is 0 Å². The Hall–Kier alpha value is -2.69. The molecule has 0 bridgehead atoms. The number of hydrogen-bond acceptors (Lipinski definition) is 4. The van der Waals surface area contributed by atoms with E-state index < -0.39 is 5.97 Å². The molecule has 0 aliphatic heterocycles. The Morgan fingerprint density at radius 1 is 1.32 bits per heavy atom. The van der Waals surface area contributed by atoms with Crippen molar-refractivity contribution in [2.45, 2.75) is 0 Å². The van der Waals surface area contributed by atoms with Crippen molar-refractivity contribution in [3.8, 4) is 17.0 Å². The van der Waals surface area contributed by atoms with Crippen LogP contribution in [-0.4, -0.2) is 28.2 Å². The molecule has 1 N–H and O–H groups in total. The highest BCUT2D eigenvalue weighted by molar-refractivity contribution is 5.84. The Morgan fingerprint density at radius 2 is 2.11 bits per heavy atom. The van der Waals surface area contributed by atoms with E-state index in [1.165, 1.54) is 6.08 Å². The lowest BCUT2D eigenvalue weighted by molar-refractivity contribution is -0.131. The third-order valence-electron chi connectivity index (χ3n) is 2.43. The predicted octanol–water partition coefficient (Wildman–Crippen LogP) is 2.25. The normalized spacial score (nSPS) is 10.6. The van der Waals surface area contributed by atoms with Crippen molar-refractivity contribution in [1.29, 1.82) is 0 Å². The number of para-hydroxylation sites is 1. The summed E-state index contributed by atoms with van der Waals surface area (Å²) < 4.78 is 5.27. The fourth-order valence-corrected chi connectivity index (χ4v) is 1.61. The average molecular weight is 256 g/mol. The Morgan fingerprint density at radius 3 is 2.84 bits per heavy atom. The van der Waals surface area contributed by atoms with E-state index in [1.54, 1.807) is 19.4 Å². The van der Waals surface area contributed by atoms with E-state index in [0.29, 0.717) is 17.3 Å². The first kappa shape index (κ1) is 12.8. The Labute approximate surface area is 110 Å². The first-order valence-corrected chi connectivity index (χ1v) is 5.58. The summed E-state index contributed by atoms with van der Waals surface area (Å²) in [5.41, 5.74) is 1.51. The first-order chi connectivity index (χ1) is 9.20. The number of aromatic nitrogens is 2. The molecule has 1 heterocycles. The summed E-state index contributed by atoms with van der Waals surface area (Å²) in [6.45, 7) is 0. The van der Waals surface area contributed by atoms with Crippen LogP contribution >= 0.6 is 0 Å². The van der Waals surface area contributed by atoms with Crippen LogP contribution in [0.1, 0.15) is 5.82 Å². The van der Waals surface area contributed by atoms with Gasteiger partial charge in [-0.15, -0.1) is 0 Å². The molecule has 0 unspecified atom stereocenters. The topological polar surface area (TPSA) is 72.3 Å². The van der Waals surface area contributed by atoms with Crippen LogP contribution in [-0.2, 0) is 4.79 Å². The van der Waals surface area contributed by atoms with E-state index in [4.69, 9.17) is 9.84 Å². The van der Waals surface area contributed by atoms with Crippen LogP contribution in [0, 0.1) is 0 Å². The van der Waals surface area contributed by atoms with Gasteiger partial charge in [0, 0.05) is 17.8 Å². The van der Waals surface area contributed by atoms with Crippen LogP contribution in [0.5, 0.6) is 5.75 Å². The number of carboxylic acids is 1. The lowest BCUT2D eigenvalue weighted by Gasteiger charge is -2.07. The minimum absolute atomic E-state index is 0.339. The highest BCUT2D eigenvalue weighted by Crippen LogP contribution is 2.27. The average Bonchev–Trinajstić information content (AvgIpc) is 2.45. The van der Waals surface area contributed by atoms with Crippen molar-refractivity contribution in [3.63, 3.8) is 0 Å². The van der Waals surface area contributed by atoms with Crippen molar-refractivity contribution in [3.05, 3.63) is 48.4 Å². The predicted molar refractivity (Wildman–Crippen MR) is 70.7 cm³/mol. The van der Waals surface area contributed by atoms with E-state index in [0.717, 1.165) is 11.6 Å². The summed E-state index contributed by atoms with van der Waals surface area (Å²) in [4.78, 5) is 18.7. The van der Waals surface area contributed by atoms with Crippen LogP contribution < -0.4 is 4.74 Å². The molecule has 96 valence electrons. The van der Waals surface area contributed by atoms with Gasteiger partial charge in [-0.1, -0.05) is 12.1 Å². The number of methoxy groups -OCH3 is 1. The van der Waals surface area contributed by atoms with Crippen LogP contribution in [0.2, 0.25) is 0 Å². The minimum atomic E-state index is -1.04. The fourth-order valence-electron chi connectivity index (χ4n) is 1.61. The number of aliphatic carboxylic acids is 1. The molecule has 0 radical (unpaired) electrons. The van der Waals surface area contributed by atoms with Gasteiger partial charge in [-0.3, -0.25) is 0 Å². The van der Waals surface area contributed by atoms with E-state index >= 15 is 0 Å². The summed E-state index contributed by atoms with van der Waals surface area (Å²) in [6.07, 6.45) is 3.93. The summed E-state index contributed by atoms with van der Waals surface area (Å²) in [5, 5.41) is 8.58. The zero-order valence-electron chi connectivity index (χ0n) is 10.3. The van der Waals surface area contributed by atoms with E-state index in [9.17, 15) is 4.79 Å². The number of nitrogens with zero attached hydrogens (tertiary/aromatic N) is 2. The lowest BCUT2D eigenvalue weighted by Crippen LogP contribution is -1.94. The molecular formula is C14H12N2O3. The second kappa shape index (κ2) is 5.77. The largest absolute Gasteiger partial charge is 0.496 e. The number of hydrogen-bond donors (Lipinski definition) is 1. The SMILES string of the molecule is COc1ccccc1-c1ccnc(/C=C/C(=O)O)n1. The van der Waals surface area contributed by atoms with Gasteiger partial charge in [-0.05, 0) is 24.3 Å². The van der Waals surface area contributed by atoms with Gasteiger partial charge in [0.25, 0.3) is 0 Å². The zero-order chi connectivity index (χ0) is 13.7. The van der Waals surface area contributed by atoms with Gasteiger partial charge in [0.05, 0.1) is 12.8 Å². The monoisotopic (exact) mass is 256 g/mol. The third kappa shape index (κ3) is 3.16. The number of benzene rings is 1. The zero-order valence-corrected chi connectivity index (χ0v) is 10.3. The second-order valence-electron chi connectivity index (χ2n) is 3.67. The highest BCUT2D eigenvalue weighted by Gasteiger charge is 2.06. The molecule has 0 saturated heterocycles. The van der Waals surface area contributed by atoms with E-state index in [2.05, 4.69) is 9.97 Å². The molecule has 0 saturated carbocycles. The van der Waals surface area contributed by atoms with E-state index in [1.807, 2.05) is 24.3 Å². The highest BCUT2D eigenvalue weighted by atomic mass is 16.5. The maximum atomic E-state index is 10.5. The maximum absolute atomic E-state index is 10.5. The van der Waals surface area contributed by atoms with Gasteiger partial charge < -0.3 is 9.84 Å². The van der Waals surface area contributed by atoms with Crippen LogP contribution in [0.15, 0.2) is 42.6 Å². The molecule has 5 nitrogen and oxygen atoms in total. The summed E-state index contributed by atoms with van der Waals surface area (Å²) >= 11 is 0. The maximum Gasteiger partial charge on any atom is 0.328 e. The number of rotatable bonds is 4. The first-order valence-electron chi connectivity index (χ1n) is 5.58. The van der Waals surface area contributed by atoms with Crippen molar-refractivity contribution in [1.82, 2.24) is 9.97 Å². The van der Waals surface area contributed by atoms with Crippen molar-refractivity contribution in [2.24, 2.45) is 0 Å². The number of carboxylic acid groups (broad SMARTS) is 1. The third-order valence-corrected chi connectivity index (χ3v) is 2.43. The number of carbonyl (C=O) groups is 1. The molecule has 19 heavy (non-hydrogen) atoms. The van der Waals surface area contributed by atoms with Crippen LogP contribution in [0.3, 0.4) is 0 Å². The Balaban J connectivity index is 2.40. The minimum Gasteiger partial charge on any atom is -0.496 e. The van der Waals surface area contributed by atoms with Crippen LogP contribution in [0.4, 0.5) is 0 Å². The molecule has 0 spiro atoms. The quantitative estimate of drug-likeness (QED) is 0.849. The van der Waals surface area contributed by atoms with Gasteiger partial charge in [0.1, 0.15) is 5.75 Å². The van der Waals surface area contributed by atoms with Gasteiger partial charge in [0.15, 0.2) is 5.82 Å². The summed E-state index contributed by atoms with van der Waals surface area (Å²) in [7, 11) is 1.59. The molecule has 0 aliphatic rings. The molecule has 0 amide bonds. The molecule has 1 aromatic carbocycles. The summed E-state index contributed by atoms with van der Waals surface area (Å²) in [6, 6.07) is 9.22. The molecule has 5 heteroatoms. The molecule has 0 fully saturated rings.